The Labute approximate surface area is 148 Å². The summed E-state index contributed by atoms with van der Waals surface area (Å²) in [5, 5.41) is -0.287. The first-order chi connectivity index (χ1) is 11.6. The van der Waals surface area contributed by atoms with Gasteiger partial charge in [-0.15, -0.1) is 0 Å². The minimum Gasteiger partial charge on any atom is -0.375 e. The predicted octanol–water partition coefficient (Wildman–Crippen LogP) is 2.30. The van der Waals surface area contributed by atoms with Crippen LogP contribution >= 0.6 is 11.8 Å². The van der Waals surface area contributed by atoms with Crippen LogP contribution in [0.15, 0.2) is 12.1 Å². The van der Waals surface area contributed by atoms with Crippen molar-refractivity contribution in [3.05, 3.63) is 35.1 Å². The smallest absolute Gasteiger partial charge is 0.211 e. The molecule has 1 aromatic rings. The van der Waals surface area contributed by atoms with E-state index in [1.165, 1.54) is 11.2 Å². The Balaban J connectivity index is 2.00. The van der Waals surface area contributed by atoms with E-state index >= 15 is 0 Å². The standard InChI is InChI=1S/C15H18F3NO4S2/c1-9(20)24-12-4-11(19(6-12)25(2,21)22)8-23-7-10-3-14(17)15(18)5-13(10)16/h3,5,11-12H,4,6-8H2,1-2H3/t11-,12+/m0/s1. The molecule has 0 aliphatic carbocycles. The number of rotatable bonds is 6. The van der Waals surface area contributed by atoms with Gasteiger partial charge in [0, 0.05) is 36.4 Å². The summed E-state index contributed by atoms with van der Waals surface area (Å²) >= 11 is 1.07. The van der Waals surface area contributed by atoms with Crippen LogP contribution in [0.1, 0.15) is 18.9 Å². The highest BCUT2D eigenvalue weighted by Gasteiger charge is 2.38. The number of carbonyl (C=O) groups excluding carboxylic acids is 1. The number of sulfonamides is 1. The largest absolute Gasteiger partial charge is 0.375 e. The molecule has 5 nitrogen and oxygen atoms in total. The van der Waals surface area contributed by atoms with Crippen molar-refractivity contribution >= 4 is 26.9 Å². The molecular weight excluding hydrogens is 379 g/mol. The van der Waals surface area contributed by atoms with Crippen molar-refractivity contribution in [3.8, 4) is 0 Å². The monoisotopic (exact) mass is 397 g/mol. The van der Waals surface area contributed by atoms with Crippen molar-refractivity contribution in [1.29, 1.82) is 0 Å². The molecule has 10 heteroatoms. The summed E-state index contributed by atoms with van der Waals surface area (Å²) in [5.74, 6) is -3.41. The molecule has 1 fully saturated rings. The van der Waals surface area contributed by atoms with E-state index in [-0.39, 0.29) is 35.7 Å². The predicted molar refractivity (Wildman–Crippen MR) is 88.0 cm³/mol. The maximum Gasteiger partial charge on any atom is 0.211 e. The molecule has 1 saturated heterocycles. The van der Waals surface area contributed by atoms with Crippen molar-refractivity contribution < 1.29 is 31.1 Å². The van der Waals surface area contributed by atoms with Gasteiger partial charge in [0.05, 0.1) is 19.5 Å². The zero-order valence-corrected chi connectivity index (χ0v) is 15.3. The Hall–Kier alpha value is -1.10. The van der Waals surface area contributed by atoms with E-state index in [2.05, 4.69) is 0 Å². The number of carbonyl (C=O) groups is 1. The number of hydrogen-bond donors (Lipinski definition) is 0. The molecule has 0 unspecified atom stereocenters. The lowest BCUT2D eigenvalue weighted by atomic mass is 10.2. The van der Waals surface area contributed by atoms with Gasteiger partial charge in [0.1, 0.15) is 5.82 Å². The van der Waals surface area contributed by atoms with E-state index in [1.54, 1.807) is 0 Å². The van der Waals surface area contributed by atoms with Crippen molar-refractivity contribution in [2.75, 3.05) is 19.4 Å². The first kappa shape index (κ1) is 20.2. The SMILES string of the molecule is CC(=O)S[C@@H]1C[C@@H](COCc2cc(F)c(F)cc2F)N(S(C)(=O)=O)C1. The van der Waals surface area contributed by atoms with E-state index < -0.39 is 33.5 Å². The average molecular weight is 397 g/mol. The molecular formula is C15H18F3NO4S2. The van der Waals surface area contributed by atoms with Crippen molar-refractivity contribution in [2.45, 2.75) is 31.2 Å². The van der Waals surface area contributed by atoms with Crippen LogP contribution in [0.3, 0.4) is 0 Å². The number of ether oxygens (including phenoxy) is 1. The van der Waals surface area contributed by atoms with Gasteiger partial charge >= 0.3 is 0 Å². The summed E-state index contributed by atoms with van der Waals surface area (Å²) in [4.78, 5) is 11.2. The zero-order chi connectivity index (χ0) is 18.8. The summed E-state index contributed by atoms with van der Waals surface area (Å²) < 4.78 is 69.9. The highest BCUT2D eigenvalue weighted by atomic mass is 32.2. The highest BCUT2D eigenvalue weighted by molar-refractivity contribution is 8.14. The lowest BCUT2D eigenvalue weighted by Crippen LogP contribution is -2.37. The van der Waals surface area contributed by atoms with E-state index in [0.29, 0.717) is 18.6 Å². The third-order valence-corrected chi connectivity index (χ3v) is 6.05. The van der Waals surface area contributed by atoms with Gasteiger partial charge < -0.3 is 4.74 Å². The topological polar surface area (TPSA) is 63.7 Å². The second-order valence-electron chi connectivity index (χ2n) is 5.83. The third kappa shape index (κ3) is 5.44. The van der Waals surface area contributed by atoms with Crippen LogP contribution in [-0.2, 0) is 26.2 Å². The normalized spacial score (nSPS) is 21.6. The van der Waals surface area contributed by atoms with Crippen molar-refractivity contribution in [2.24, 2.45) is 0 Å². The number of hydrogen-bond acceptors (Lipinski definition) is 5. The van der Waals surface area contributed by atoms with Gasteiger partial charge in [-0.1, -0.05) is 11.8 Å². The molecule has 0 radical (unpaired) electrons. The van der Waals surface area contributed by atoms with Gasteiger partial charge in [0.15, 0.2) is 16.7 Å². The fourth-order valence-electron chi connectivity index (χ4n) is 2.70. The van der Waals surface area contributed by atoms with Crippen LogP contribution in [-0.4, -0.2) is 48.5 Å². The van der Waals surface area contributed by atoms with Gasteiger partial charge in [-0.3, -0.25) is 4.79 Å². The van der Waals surface area contributed by atoms with Gasteiger partial charge in [0.25, 0.3) is 0 Å². The number of benzene rings is 1. The van der Waals surface area contributed by atoms with Gasteiger partial charge in [0.2, 0.25) is 10.0 Å². The summed E-state index contributed by atoms with van der Waals surface area (Å²) in [7, 11) is -3.49. The molecule has 1 aliphatic heterocycles. The average Bonchev–Trinajstić information content (AvgIpc) is 2.86. The van der Waals surface area contributed by atoms with Crippen LogP contribution in [0.2, 0.25) is 0 Å². The number of halogens is 3. The highest BCUT2D eigenvalue weighted by Crippen LogP contribution is 2.30. The van der Waals surface area contributed by atoms with Gasteiger partial charge in [-0.25, -0.2) is 21.6 Å². The first-order valence-electron chi connectivity index (χ1n) is 7.43. The van der Waals surface area contributed by atoms with Crippen LogP contribution in [0.4, 0.5) is 13.2 Å². The van der Waals surface area contributed by atoms with Crippen LogP contribution in [0.25, 0.3) is 0 Å². The molecule has 1 heterocycles. The maximum absolute atomic E-state index is 13.6. The summed E-state index contributed by atoms with van der Waals surface area (Å²) in [6.45, 7) is 1.24. The Morgan fingerprint density at radius 3 is 2.52 bits per heavy atom. The second kappa shape index (κ2) is 8.07. The van der Waals surface area contributed by atoms with E-state index in [1.807, 2.05) is 0 Å². The Bertz CT molecular complexity index is 757. The number of thioether (sulfide) groups is 1. The zero-order valence-electron chi connectivity index (χ0n) is 13.7. The minimum atomic E-state index is -3.49. The molecule has 0 saturated carbocycles. The number of nitrogens with zero attached hydrogens (tertiary/aromatic N) is 1. The molecule has 2 atom stereocenters. The Morgan fingerprint density at radius 2 is 1.92 bits per heavy atom. The lowest BCUT2D eigenvalue weighted by Gasteiger charge is -2.21. The van der Waals surface area contributed by atoms with Gasteiger partial charge in [-0.2, -0.15) is 4.31 Å². The van der Waals surface area contributed by atoms with Gasteiger partial charge in [-0.05, 0) is 12.5 Å². The fourth-order valence-corrected chi connectivity index (χ4v) is 4.96. The van der Waals surface area contributed by atoms with E-state index in [0.717, 1.165) is 18.0 Å². The summed E-state index contributed by atoms with van der Waals surface area (Å²) in [6, 6.07) is 0.647. The van der Waals surface area contributed by atoms with Crippen LogP contribution in [0.5, 0.6) is 0 Å². The first-order valence-corrected chi connectivity index (χ1v) is 10.2. The van der Waals surface area contributed by atoms with Crippen LogP contribution in [0, 0.1) is 17.5 Å². The van der Waals surface area contributed by atoms with Crippen molar-refractivity contribution in [3.63, 3.8) is 0 Å². The molecule has 0 bridgehead atoms. The quantitative estimate of drug-likeness (QED) is 0.690. The summed E-state index contributed by atoms with van der Waals surface area (Å²) in [5.41, 5.74) is -0.155. The molecule has 0 spiro atoms. The minimum absolute atomic E-state index is 0.0412. The third-order valence-electron chi connectivity index (χ3n) is 3.74. The molecule has 140 valence electrons. The van der Waals surface area contributed by atoms with E-state index in [9.17, 15) is 26.4 Å². The molecule has 1 aliphatic rings. The van der Waals surface area contributed by atoms with Crippen LogP contribution < -0.4 is 0 Å². The Morgan fingerprint density at radius 1 is 1.28 bits per heavy atom. The molecule has 25 heavy (non-hydrogen) atoms. The summed E-state index contributed by atoms with van der Waals surface area (Å²) in [6.07, 6.45) is 1.48. The van der Waals surface area contributed by atoms with Crippen molar-refractivity contribution in [1.82, 2.24) is 4.31 Å². The lowest BCUT2D eigenvalue weighted by molar-refractivity contribution is -0.109. The maximum atomic E-state index is 13.6. The fraction of sp³-hybridized carbons (Fsp3) is 0.533. The molecule has 2 rings (SSSR count). The molecule has 0 aromatic heterocycles. The second-order valence-corrected chi connectivity index (χ2v) is 9.24. The Kier molecular flexibility index (Phi) is 6.52. The molecule has 0 N–H and O–H groups in total. The molecule has 1 aromatic carbocycles. The van der Waals surface area contributed by atoms with E-state index in [4.69, 9.17) is 4.74 Å². The molecule has 0 amide bonds.